The summed E-state index contributed by atoms with van der Waals surface area (Å²) in [5.74, 6) is 0. The first-order chi connectivity index (χ1) is 10.5. The summed E-state index contributed by atoms with van der Waals surface area (Å²) in [7, 11) is 0. The Balaban J connectivity index is 2.11. The van der Waals surface area contributed by atoms with Gasteiger partial charge in [0.25, 0.3) is 5.69 Å². The van der Waals surface area contributed by atoms with Gasteiger partial charge in [-0.3, -0.25) is 20.3 Å². The van der Waals surface area contributed by atoms with Crippen LogP contribution in [0.5, 0.6) is 0 Å². The Kier molecular flexibility index (Phi) is 3.26. The van der Waals surface area contributed by atoms with Gasteiger partial charge in [-0.05, 0) is 37.6 Å². The maximum Gasteiger partial charge on any atom is 0.298 e. The lowest BCUT2D eigenvalue weighted by molar-refractivity contribution is -0.384. The average Bonchev–Trinajstić information content (AvgIpc) is 2.81. The van der Waals surface area contributed by atoms with Gasteiger partial charge in [0, 0.05) is 28.9 Å². The van der Waals surface area contributed by atoms with Crippen molar-refractivity contribution in [2.45, 2.75) is 13.8 Å². The first-order valence-corrected chi connectivity index (χ1v) is 6.65. The summed E-state index contributed by atoms with van der Waals surface area (Å²) in [4.78, 5) is 17.6. The van der Waals surface area contributed by atoms with Crippen LogP contribution in [-0.4, -0.2) is 20.1 Å². The number of rotatable bonds is 3. The van der Waals surface area contributed by atoms with Crippen LogP contribution in [0, 0.1) is 24.0 Å². The van der Waals surface area contributed by atoms with Crippen molar-refractivity contribution in [1.82, 2.24) is 9.97 Å². The zero-order valence-electron chi connectivity index (χ0n) is 12.1. The third-order valence-corrected chi connectivity index (χ3v) is 3.74. The number of hydrogen-bond acceptors (Lipinski definition) is 5. The molecule has 0 fully saturated rings. The molecule has 1 aromatic carbocycles. The van der Waals surface area contributed by atoms with Gasteiger partial charge in [0.15, 0.2) is 5.69 Å². The second kappa shape index (κ2) is 5.12. The van der Waals surface area contributed by atoms with E-state index in [4.69, 9.17) is 0 Å². The molecule has 22 heavy (non-hydrogen) atoms. The minimum atomic E-state index is -0.551. The molecule has 0 bridgehead atoms. The summed E-state index contributed by atoms with van der Waals surface area (Å²) < 4.78 is 0. The molecule has 0 atom stereocenters. The van der Waals surface area contributed by atoms with Gasteiger partial charge in [0.05, 0.1) is 16.8 Å². The van der Waals surface area contributed by atoms with E-state index in [1.165, 1.54) is 18.5 Å². The first-order valence-electron chi connectivity index (χ1n) is 6.65. The van der Waals surface area contributed by atoms with Crippen LogP contribution in [-0.2, 0) is 0 Å². The second-order valence-electron chi connectivity index (χ2n) is 5.04. The molecule has 2 aromatic heterocycles. The predicted octanol–water partition coefficient (Wildman–Crippen LogP) is 3.62. The van der Waals surface area contributed by atoms with Crippen LogP contribution < -0.4 is 5.06 Å². The van der Waals surface area contributed by atoms with Crippen molar-refractivity contribution in [3.8, 4) is 0 Å². The van der Waals surface area contributed by atoms with E-state index in [9.17, 15) is 15.3 Å². The zero-order valence-corrected chi connectivity index (χ0v) is 12.1. The van der Waals surface area contributed by atoms with Crippen LogP contribution in [0.1, 0.15) is 11.3 Å². The van der Waals surface area contributed by atoms with E-state index >= 15 is 0 Å². The molecule has 0 radical (unpaired) electrons. The molecule has 0 aliphatic rings. The SMILES string of the molecule is Cc1[nH]c2ccc(N(O)c3cnccc3[N+](=O)[O-])cc2c1C. The summed E-state index contributed by atoms with van der Waals surface area (Å²) in [6, 6.07) is 6.55. The monoisotopic (exact) mass is 298 g/mol. The summed E-state index contributed by atoms with van der Waals surface area (Å²) in [6.45, 7) is 3.95. The molecule has 0 spiro atoms. The molecular formula is C15H14N4O3. The highest BCUT2D eigenvalue weighted by Gasteiger charge is 2.20. The van der Waals surface area contributed by atoms with Crippen LogP contribution in [0.4, 0.5) is 17.1 Å². The smallest absolute Gasteiger partial charge is 0.298 e. The molecule has 0 unspecified atom stereocenters. The van der Waals surface area contributed by atoms with Gasteiger partial charge < -0.3 is 4.98 Å². The number of fused-ring (bicyclic) bond motifs is 1. The van der Waals surface area contributed by atoms with E-state index < -0.39 is 4.92 Å². The Morgan fingerprint density at radius 1 is 1.32 bits per heavy atom. The van der Waals surface area contributed by atoms with Crippen molar-refractivity contribution in [2.75, 3.05) is 5.06 Å². The number of aromatic nitrogens is 2. The summed E-state index contributed by atoms with van der Waals surface area (Å²) in [5, 5.41) is 23.2. The number of nitrogens with one attached hydrogen (secondary N) is 1. The van der Waals surface area contributed by atoms with Gasteiger partial charge in [0.2, 0.25) is 0 Å². The molecule has 0 saturated heterocycles. The topological polar surface area (TPSA) is 95.3 Å². The molecule has 0 aliphatic carbocycles. The van der Waals surface area contributed by atoms with E-state index in [1.54, 1.807) is 12.1 Å². The number of aryl methyl sites for hydroxylation is 2. The Morgan fingerprint density at radius 2 is 2.09 bits per heavy atom. The van der Waals surface area contributed by atoms with Crippen LogP contribution >= 0.6 is 0 Å². The van der Waals surface area contributed by atoms with Gasteiger partial charge in [0.1, 0.15) is 0 Å². The van der Waals surface area contributed by atoms with E-state index in [-0.39, 0.29) is 11.4 Å². The standard InChI is InChI=1S/C15H14N4O3/c1-9-10(2)17-13-4-3-11(7-12(9)13)18(20)15-8-16-6-5-14(15)19(21)22/h3-8,17,20H,1-2H3. The molecule has 7 heteroatoms. The number of nitrogens with zero attached hydrogens (tertiary/aromatic N) is 3. The number of aromatic amines is 1. The van der Waals surface area contributed by atoms with Crippen molar-refractivity contribution < 1.29 is 10.1 Å². The van der Waals surface area contributed by atoms with E-state index in [0.29, 0.717) is 5.69 Å². The minimum Gasteiger partial charge on any atom is -0.358 e. The normalized spacial score (nSPS) is 10.9. The summed E-state index contributed by atoms with van der Waals surface area (Å²) >= 11 is 0. The Bertz CT molecular complexity index is 872. The highest BCUT2D eigenvalue weighted by molar-refractivity contribution is 5.88. The lowest BCUT2D eigenvalue weighted by Crippen LogP contribution is -2.12. The summed E-state index contributed by atoms with van der Waals surface area (Å²) in [6.07, 6.45) is 2.58. The van der Waals surface area contributed by atoms with Crippen molar-refractivity contribution >= 4 is 28.0 Å². The third kappa shape index (κ3) is 2.17. The van der Waals surface area contributed by atoms with E-state index in [2.05, 4.69) is 9.97 Å². The number of nitro groups is 1. The number of H-pyrrole nitrogens is 1. The van der Waals surface area contributed by atoms with E-state index in [0.717, 1.165) is 27.2 Å². The van der Waals surface area contributed by atoms with Crippen molar-refractivity contribution in [3.05, 3.63) is 58.0 Å². The highest BCUT2D eigenvalue weighted by atomic mass is 16.6. The number of pyridine rings is 1. The van der Waals surface area contributed by atoms with Crippen molar-refractivity contribution in [3.63, 3.8) is 0 Å². The molecule has 0 aliphatic heterocycles. The molecule has 2 N–H and O–H groups in total. The predicted molar refractivity (Wildman–Crippen MR) is 82.6 cm³/mol. The fourth-order valence-electron chi connectivity index (χ4n) is 2.42. The molecular weight excluding hydrogens is 284 g/mol. The van der Waals surface area contributed by atoms with Crippen molar-refractivity contribution in [2.24, 2.45) is 0 Å². The second-order valence-corrected chi connectivity index (χ2v) is 5.04. The summed E-state index contributed by atoms with van der Waals surface area (Å²) in [5.41, 5.74) is 3.32. The minimum absolute atomic E-state index is 0.0248. The van der Waals surface area contributed by atoms with Gasteiger partial charge in [-0.1, -0.05) is 0 Å². The largest absolute Gasteiger partial charge is 0.358 e. The van der Waals surface area contributed by atoms with E-state index in [1.807, 2.05) is 19.9 Å². The number of benzene rings is 1. The first kappa shape index (κ1) is 14.0. The Labute approximate surface area is 125 Å². The van der Waals surface area contributed by atoms with Crippen LogP contribution in [0.25, 0.3) is 10.9 Å². The van der Waals surface area contributed by atoms with Crippen LogP contribution in [0.3, 0.4) is 0 Å². The molecule has 0 saturated carbocycles. The fraction of sp³-hybridized carbons (Fsp3) is 0.133. The van der Waals surface area contributed by atoms with Crippen LogP contribution in [0.2, 0.25) is 0 Å². The molecule has 3 rings (SSSR count). The quantitative estimate of drug-likeness (QED) is 0.569. The van der Waals surface area contributed by atoms with Crippen molar-refractivity contribution in [1.29, 1.82) is 0 Å². The molecule has 112 valence electrons. The molecule has 0 amide bonds. The molecule has 3 aromatic rings. The average molecular weight is 298 g/mol. The molecule has 2 heterocycles. The van der Waals surface area contributed by atoms with Crippen LogP contribution in [0.15, 0.2) is 36.7 Å². The number of hydrogen-bond donors (Lipinski definition) is 2. The maximum atomic E-state index is 11.1. The lowest BCUT2D eigenvalue weighted by atomic mass is 10.1. The Morgan fingerprint density at radius 3 is 2.82 bits per heavy atom. The fourth-order valence-corrected chi connectivity index (χ4v) is 2.42. The number of anilines is 2. The lowest BCUT2D eigenvalue weighted by Gasteiger charge is -2.16. The molecule has 7 nitrogen and oxygen atoms in total. The maximum absolute atomic E-state index is 11.1. The van der Waals surface area contributed by atoms with Gasteiger partial charge in [-0.25, -0.2) is 5.06 Å². The van der Waals surface area contributed by atoms with Gasteiger partial charge in [-0.15, -0.1) is 0 Å². The van der Waals surface area contributed by atoms with Gasteiger partial charge in [-0.2, -0.15) is 0 Å². The van der Waals surface area contributed by atoms with Gasteiger partial charge >= 0.3 is 0 Å². The highest BCUT2D eigenvalue weighted by Crippen LogP contribution is 2.33. The Hall–Kier alpha value is -2.93. The zero-order chi connectivity index (χ0) is 15.9. The third-order valence-electron chi connectivity index (χ3n) is 3.74.